The molecule has 1 aromatic heterocycles. The third kappa shape index (κ3) is 6.71. The average Bonchev–Trinajstić information content (AvgIpc) is 2.86. The fourth-order valence-electron chi connectivity index (χ4n) is 4.45. The lowest BCUT2D eigenvalue weighted by Crippen LogP contribution is -2.43. The Morgan fingerprint density at radius 3 is 2.94 bits per heavy atom. The molecule has 188 valence electrons. The van der Waals surface area contributed by atoms with Crippen LogP contribution in [0.2, 0.25) is 0 Å². The fourth-order valence-corrected chi connectivity index (χ4v) is 4.92. The van der Waals surface area contributed by atoms with E-state index >= 15 is 0 Å². The zero-order valence-corrected chi connectivity index (χ0v) is 21.5. The molecule has 2 aromatic rings. The first-order valence-electron chi connectivity index (χ1n) is 11.8. The first kappa shape index (κ1) is 25.4. The van der Waals surface area contributed by atoms with Crippen molar-refractivity contribution in [2.24, 2.45) is 0 Å². The van der Waals surface area contributed by atoms with Crippen molar-refractivity contribution in [2.75, 3.05) is 56.3 Å². The van der Waals surface area contributed by atoms with Gasteiger partial charge in [-0.2, -0.15) is 0 Å². The second-order valence-corrected chi connectivity index (χ2v) is 9.86. The van der Waals surface area contributed by atoms with Crippen LogP contribution < -0.4 is 16.4 Å². The van der Waals surface area contributed by atoms with E-state index in [9.17, 15) is 9.18 Å². The molecule has 10 heteroatoms. The molecule has 0 spiro atoms. The number of likely N-dealkylation sites (tertiary alicyclic amines) is 1. The molecule has 1 amide bonds. The van der Waals surface area contributed by atoms with E-state index in [4.69, 9.17) is 10.5 Å². The van der Waals surface area contributed by atoms with Gasteiger partial charge in [0, 0.05) is 62.6 Å². The van der Waals surface area contributed by atoms with Gasteiger partial charge in [-0.15, -0.1) is 0 Å². The predicted octanol–water partition coefficient (Wildman–Crippen LogP) is 4.22. The lowest BCUT2D eigenvalue weighted by Gasteiger charge is -2.34. The molecule has 0 radical (unpaired) electrons. The number of nitrogens with two attached hydrogens (primary N) is 1. The molecule has 8 nitrogen and oxygen atoms in total. The molecule has 1 saturated heterocycles. The molecule has 1 fully saturated rings. The van der Waals surface area contributed by atoms with E-state index < -0.39 is 0 Å². The maximum Gasteiger partial charge on any atom is 0.256 e. The number of rotatable bonds is 8. The smallest absolute Gasteiger partial charge is 0.256 e. The first-order valence-corrected chi connectivity index (χ1v) is 12.6. The molecule has 2 aliphatic rings. The van der Waals surface area contributed by atoms with Crippen LogP contribution in [0.15, 0.2) is 47.0 Å². The zero-order chi connectivity index (χ0) is 24.8. The van der Waals surface area contributed by atoms with E-state index in [2.05, 4.69) is 36.4 Å². The molecule has 1 atom stereocenters. The molecular formula is C25H32BrFN6O2. The van der Waals surface area contributed by atoms with Crippen LogP contribution in [0, 0.1) is 0 Å². The summed E-state index contributed by atoms with van der Waals surface area (Å²) in [5, 5.41) is 6.61. The summed E-state index contributed by atoms with van der Waals surface area (Å²) in [6.45, 7) is 3.33. The average molecular weight is 547 g/mol. The number of piperidine rings is 1. The SMILES string of the molecule is CNc1cncc(COCN2CCC[C@@H](Nc3c(N)cc(Br)cc3C(=O)N3CC=C(F)CC3)C2)c1. The van der Waals surface area contributed by atoms with Crippen molar-refractivity contribution < 1.29 is 13.9 Å². The molecule has 4 rings (SSSR count). The molecule has 3 heterocycles. The van der Waals surface area contributed by atoms with E-state index in [0.717, 1.165) is 41.7 Å². The topological polar surface area (TPSA) is 95.8 Å². The van der Waals surface area contributed by atoms with Gasteiger partial charge in [-0.05, 0) is 42.7 Å². The van der Waals surface area contributed by atoms with Gasteiger partial charge < -0.3 is 26.0 Å². The zero-order valence-electron chi connectivity index (χ0n) is 19.9. The summed E-state index contributed by atoms with van der Waals surface area (Å²) in [5.74, 6) is -0.325. The fraction of sp³-hybridized carbons (Fsp3) is 0.440. The maximum absolute atomic E-state index is 13.5. The Bertz CT molecular complexity index is 1080. The summed E-state index contributed by atoms with van der Waals surface area (Å²) in [7, 11) is 1.86. The van der Waals surface area contributed by atoms with Crippen LogP contribution in [0.5, 0.6) is 0 Å². The monoisotopic (exact) mass is 546 g/mol. The number of halogens is 2. The van der Waals surface area contributed by atoms with Crippen LogP contribution in [0.4, 0.5) is 21.5 Å². The quantitative estimate of drug-likeness (QED) is 0.426. The third-order valence-electron chi connectivity index (χ3n) is 6.29. The number of benzene rings is 1. The van der Waals surface area contributed by atoms with Crippen LogP contribution >= 0.6 is 15.9 Å². The van der Waals surface area contributed by atoms with Gasteiger partial charge in [0.25, 0.3) is 5.91 Å². The van der Waals surface area contributed by atoms with Crippen molar-refractivity contribution in [3.63, 3.8) is 0 Å². The number of hydrogen-bond donors (Lipinski definition) is 3. The van der Waals surface area contributed by atoms with E-state index in [0.29, 0.717) is 36.8 Å². The number of carbonyl (C=O) groups is 1. The molecular weight excluding hydrogens is 515 g/mol. The predicted molar refractivity (Wildman–Crippen MR) is 140 cm³/mol. The lowest BCUT2D eigenvalue weighted by atomic mass is 10.0. The Hall–Kier alpha value is -2.69. The number of pyridine rings is 1. The molecule has 0 aliphatic carbocycles. The van der Waals surface area contributed by atoms with Gasteiger partial charge in [-0.1, -0.05) is 15.9 Å². The maximum atomic E-state index is 13.5. The number of amides is 1. The molecule has 0 bridgehead atoms. The van der Waals surface area contributed by atoms with Crippen LogP contribution in [0.1, 0.15) is 35.2 Å². The summed E-state index contributed by atoms with van der Waals surface area (Å²) in [5.41, 5.74) is 9.96. The first-order chi connectivity index (χ1) is 16.9. The van der Waals surface area contributed by atoms with E-state index in [1.807, 2.05) is 19.3 Å². The number of hydrogen-bond acceptors (Lipinski definition) is 7. The van der Waals surface area contributed by atoms with Crippen molar-refractivity contribution in [3.05, 3.63) is 58.1 Å². The number of ether oxygens (including phenoxy) is 1. The van der Waals surface area contributed by atoms with Crippen molar-refractivity contribution in [2.45, 2.75) is 31.9 Å². The van der Waals surface area contributed by atoms with Gasteiger partial charge in [0.2, 0.25) is 0 Å². The Morgan fingerprint density at radius 2 is 2.17 bits per heavy atom. The number of anilines is 3. The van der Waals surface area contributed by atoms with E-state index in [-0.39, 0.29) is 30.7 Å². The molecule has 1 aromatic carbocycles. The summed E-state index contributed by atoms with van der Waals surface area (Å²) in [6, 6.07) is 5.73. The molecule has 35 heavy (non-hydrogen) atoms. The van der Waals surface area contributed by atoms with Gasteiger partial charge in [0.1, 0.15) is 0 Å². The summed E-state index contributed by atoms with van der Waals surface area (Å²) in [4.78, 5) is 21.4. The summed E-state index contributed by atoms with van der Waals surface area (Å²) < 4.78 is 20.1. The van der Waals surface area contributed by atoms with Crippen LogP contribution in [-0.2, 0) is 11.3 Å². The summed E-state index contributed by atoms with van der Waals surface area (Å²) >= 11 is 3.46. The Morgan fingerprint density at radius 1 is 1.31 bits per heavy atom. The highest BCUT2D eigenvalue weighted by Gasteiger charge is 2.26. The normalized spacial score (nSPS) is 18.8. The minimum Gasteiger partial charge on any atom is -0.397 e. The lowest BCUT2D eigenvalue weighted by molar-refractivity contribution is 0.00743. The number of carbonyl (C=O) groups excluding carboxylic acids is 1. The van der Waals surface area contributed by atoms with Crippen LogP contribution in [-0.4, -0.2) is 66.7 Å². The Labute approximate surface area is 213 Å². The number of nitrogens with zero attached hydrogens (tertiary/aromatic N) is 3. The van der Waals surface area contributed by atoms with E-state index in [1.165, 1.54) is 6.08 Å². The van der Waals surface area contributed by atoms with E-state index in [1.54, 1.807) is 23.2 Å². The molecule has 2 aliphatic heterocycles. The van der Waals surface area contributed by atoms with Gasteiger partial charge in [0.15, 0.2) is 0 Å². The van der Waals surface area contributed by atoms with Gasteiger partial charge in [-0.25, -0.2) is 4.39 Å². The highest BCUT2D eigenvalue weighted by atomic mass is 79.9. The van der Waals surface area contributed by atoms with Crippen molar-refractivity contribution >= 4 is 38.9 Å². The van der Waals surface area contributed by atoms with Gasteiger partial charge >= 0.3 is 0 Å². The van der Waals surface area contributed by atoms with Crippen LogP contribution in [0.25, 0.3) is 0 Å². The Balaban J connectivity index is 1.38. The van der Waals surface area contributed by atoms with Crippen molar-refractivity contribution in [3.8, 4) is 0 Å². The van der Waals surface area contributed by atoms with Gasteiger partial charge in [0.05, 0.1) is 41.8 Å². The third-order valence-corrected chi connectivity index (χ3v) is 6.74. The highest BCUT2D eigenvalue weighted by Crippen LogP contribution is 2.32. The number of nitrogen functional groups attached to an aromatic ring is 1. The molecule has 4 N–H and O–H groups in total. The van der Waals surface area contributed by atoms with Crippen LogP contribution in [0.3, 0.4) is 0 Å². The summed E-state index contributed by atoms with van der Waals surface area (Å²) in [6.07, 6.45) is 7.25. The minimum absolute atomic E-state index is 0.121. The second-order valence-electron chi connectivity index (χ2n) is 8.94. The van der Waals surface area contributed by atoms with Crippen molar-refractivity contribution in [1.29, 1.82) is 0 Å². The molecule has 0 unspecified atom stereocenters. The van der Waals surface area contributed by atoms with Crippen molar-refractivity contribution in [1.82, 2.24) is 14.8 Å². The minimum atomic E-state index is -0.170. The number of nitrogens with one attached hydrogen (secondary N) is 2. The number of aromatic nitrogens is 1. The standard InChI is InChI=1S/C25H32BrFN6O2/c1-29-21-9-17(12-30-13-21)15-35-16-32-6-2-3-20(14-32)31-24-22(10-18(26)11-23(24)28)25(34)33-7-4-19(27)5-8-33/h4,9-13,20,29,31H,2-3,5-8,14-16,28H2,1H3/t20-/m1/s1. The largest absolute Gasteiger partial charge is 0.397 e. The Kier molecular flexibility index (Phi) is 8.59. The van der Waals surface area contributed by atoms with Gasteiger partial charge in [-0.3, -0.25) is 14.7 Å². The molecule has 0 saturated carbocycles. The second kappa shape index (κ2) is 11.8. The highest BCUT2D eigenvalue weighted by molar-refractivity contribution is 9.10.